The zero-order valence-corrected chi connectivity index (χ0v) is 13.4. The molecule has 1 atom stereocenters. The molecule has 0 aliphatic heterocycles. The number of carbonyl (C=O) groups excluding carboxylic acids is 2. The fourth-order valence-corrected chi connectivity index (χ4v) is 1.88. The van der Waals surface area contributed by atoms with Crippen LogP contribution in [0.15, 0.2) is 30.3 Å². The molecule has 6 nitrogen and oxygen atoms in total. The second-order valence-electron chi connectivity index (χ2n) is 4.92. The third-order valence-corrected chi connectivity index (χ3v) is 3.23. The molecule has 0 saturated heterocycles. The van der Waals surface area contributed by atoms with Crippen molar-refractivity contribution in [2.45, 2.75) is 38.8 Å². The molecule has 6 heteroatoms. The van der Waals surface area contributed by atoms with E-state index >= 15 is 0 Å². The van der Waals surface area contributed by atoms with E-state index < -0.39 is 12.1 Å². The lowest BCUT2D eigenvalue weighted by Crippen LogP contribution is -2.47. The van der Waals surface area contributed by atoms with Crippen LogP contribution in [0.25, 0.3) is 0 Å². The largest absolute Gasteiger partial charge is 0.445 e. The standard InChI is InChI=1S/C16H24N2O4/c1-4-5-11-14(15(19)18(2)21-3)17-16(20)22-12-13-9-7-6-8-10-13/h6-10,14H,4-5,11-12H2,1-3H3,(H,17,20). The molecule has 0 aliphatic rings. The van der Waals surface area contributed by atoms with E-state index in [2.05, 4.69) is 5.32 Å². The van der Waals surface area contributed by atoms with Gasteiger partial charge < -0.3 is 10.1 Å². The van der Waals surface area contributed by atoms with E-state index in [-0.39, 0.29) is 12.5 Å². The maximum Gasteiger partial charge on any atom is 0.408 e. The van der Waals surface area contributed by atoms with Crippen molar-refractivity contribution < 1.29 is 19.2 Å². The van der Waals surface area contributed by atoms with Gasteiger partial charge in [0.25, 0.3) is 5.91 Å². The first-order valence-corrected chi connectivity index (χ1v) is 7.37. The molecule has 1 rings (SSSR count). The number of hydrogen-bond donors (Lipinski definition) is 1. The lowest BCUT2D eigenvalue weighted by atomic mass is 10.1. The number of amides is 2. The minimum atomic E-state index is -0.645. The molecule has 0 saturated carbocycles. The van der Waals surface area contributed by atoms with Gasteiger partial charge in [0.05, 0.1) is 7.11 Å². The van der Waals surface area contributed by atoms with E-state index in [1.807, 2.05) is 37.3 Å². The zero-order chi connectivity index (χ0) is 16.4. The van der Waals surface area contributed by atoms with Crippen molar-refractivity contribution in [1.82, 2.24) is 10.4 Å². The van der Waals surface area contributed by atoms with Gasteiger partial charge in [-0.15, -0.1) is 0 Å². The number of hydrogen-bond acceptors (Lipinski definition) is 4. The monoisotopic (exact) mass is 308 g/mol. The summed E-state index contributed by atoms with van der Waals surface area (Å²) in [5.74, 6) is -0.299. The number of carbonyl (C=O) groups is 2. The Balaban J connectivity index is 2.52. The summed E-state index contributed by atoms with van der Waals surface area (Å²) in [5, 5.41) is 3.71. The number of likely N-dealkylation sites (N-methyl/N-ethyl adjacent to an activating group) is 1. The highest BCUT2D eigenvalue weighted by Gasteiger charge is 2.24. The lowest BCUT2D eigenvalue weighted by Gasteiger charge is -2.22. The van der Waals surface area contributed by atoms with Gasteiger partial charge in [-0.25, -0.2) is 9.86 Å². The molecule has 122 valence electrons. The smallest absolute Gasteiger partial charge is 0.408 e. The van der Waals surface area contributed by atoms with E-state index in [0.29, 0.717) is 6.42 Å². The van der Waals surface area contributed by atoms with Gasteiger partial charge in [0.15, 0.2) is 0 Å². The number of nitrogens with zero attached hydrogens (tertiary/aromatic N) is 1. The van der Waals surface area contributed by atoms with Crippen LogP contribution in [0, 0.1) is 0 Å². The Kier molecular flexibility index (Phi) is 7.99. The second kappa shape index (κ2) is 9.78. The van der Waals surface area contributed by atoms with Gasteiger partial charge in [0.1, 0.15) is 12.6 Å². The van der Waals surface area contributed by atoms with Crippen LogP contribution in [-0.4, -0.2) is 37.3 Å². The Morgan fingerprint density at radius 3 is 2.55 bits per heavy atom. The number of ether oxygens (including phenoxy) is 1. The third-order valence-electron chi connectivity index (χ3n) is 3.23. The average Bonchev–Trinajstić information content (AvgIpc) is 2.56. The zero-order valence-electron chi connectivity index (χ0n) is 13.4. The maximum absolute atomic E-state index is 12.1. The van der Waals surface area contributed by atoms with Gasteiger partial charge in [-0.1, -0.05) is 50.1 Å². The first kappa shape index (κ1) is 18.0. The Morgan fingerprint density at radius 1 is 1.27 bits per heavy atom. The van der Waals surface area contributed by atoms with Crippen LogP contribution < -0.4 is 5.32 Å². The first-order valence-electron chi connectivity index (χ1n) is 7.37. The molecule has 1 aromatic carbocycles. The fourth-order valence-electron chi connectivity index (χ4n) is 1.88. The molecule has 2 amide bonds. The lowest BCUT2D eigenvalue weighted by molar-refractivity contribution is -0.171. The fraction of sp³-hybridized carbons (Fsp3) is 0.500. The average molecular weight is 308 g/mol. The van der Waals surface area contributed by atoms with Crippen LogP contribution in [0.5, 0.6) is 0 Å². The van der Waals surface area contributed by atoms with Crippen molar-refractivity contribution in [1.29, 1.82) is 0 Å². The predicted molar refractivity (Wildman–Crippen MR) is 82.9 cm³/mol. The van der Waals surface area contributed by atoms with Gasteiger partial charge >= 0.3 is 6.09 Å². The topological polar surface area (TPSA) is 67.9 Å². The molecule has 0 fully saturated rings. The molecule has 0 aromatic heterocycles. The molecule has 0 spiro atoms. The summed E-state index contributed by atoms with van der Waals surface area (Å²) in [6.45, 7) is 2.19. The Hall–Kier alpha value is -2.08. The van der Waals surface area contributed by atoms with Crippen molar-refractivity contribution in [3.63, 3.8) is 0 Å². The van der Waals surface area contributed by atoms with E-state index in [4.69, 9.17) is 9.57 Å². The Bertz CT molecular complexity index is 464. The summed E-state index contributed by atoms with van der Waals surface area (Å²) >= 11 is 0. The quantitative estimate of drug-likeness (QED) is 0.749. The van der Waals surface area contributed by atoms with E-state index in [1.165, 1.54) is 14.2 Å². The first-order chi connectivity index (χ1) is 10.6. The number of nitrogens with one attached hydrogen (secondary N) is 1. The molecular weight excluding hydrogens is 284 g/mol. The van der Waals surface area contributed by atoms with Gasteiger partial charge in [0.2, 0.25) is 0 Å². The normalized spacial score (nSPS) is 11.6. The second-order valence-corrected chi connectivity index (χ2v) is 4.92. The maximum atomic E-state index is 12.1. The molecule has 0 radical (unpaired) electrons. The summed E-state index contributed by atoms with van der Waals surface area (Å²) < 4.78 is 5.14. The minimum absolute atomic E-state index is 0.168. The highest BCUT2D eigenvalue weighted by atomic mass is 16.7. The number of hydroxylamine groups is 2. The van der Waals surface area contributed by atoms with Gasteiger partial charge in [-0.2, -0.15) is 0 Å². The SMILES string of the molecule is CCCCC(NC(=O)OCc1ccccc1)C(=O)N(C)OC. The van der Waals surface area contributed by atoms with Crippen LogP contribution in [0.2, 0.25) is 0 Å². The number of rotatable bonds is 8. The van der Waals surface area contributed by atoms with Gasteiger partial charge in [-0.3, -0.25) is 9.63 Å². The van der Waals surface area contributed by atoms with Crippen molar-refractivity contribution in [3.05, 3.63) is 35.9 Å². The van der Waals surface area contributed by atoms with Crippen molar-refractivity contribution in [3.8, 4) is 0 Å². The number of unbranched alkanes of at least 4 members (excludes halogenated alkanes) is 1. The molecular formula is C16H24N2O4. The summed E-state index contributed by atoms with van der Waals surface area (Å²) in [7, 11) is 2.92. The molecule has 0 heterocycles. The van der Waals surface area contributed by atoms with E-state index in [1.54, 1.807) is 0 Å². The van der Waals surface area contributed by atoms with Crippen molar-refractivity contribution >= 4 is 12.0 Å². The summed E-state index contributed by atoms with van der Waals surface area (Å²) in [6, 6.07) is 8.73. The molecule has 22 heavy (non-hydrogen) atoms. The van der Waals surface area contributed by atoms with Crippen molar-refractivity contribution in [2.24, 2.45) is 0 Å². The van der Waals surface area contributed by atoms with Crippen LogP contribution in [0.1, 0.15) is 31.7 Å². The molecule has 1 unspecified atom stereocenters. The van der Waals surface area contributed by atoms with E-state index in [9.17, 15) is 9.59 Å². The molecule has 1 aromatic rings. The molecule has 1 N–H and O–H groups in total. The van der Waals surface area contributed by atoms with Crippen LogP contribution in [0.4, 0.5) is 4.79 Å². The minimum Gasteiger partial charge on any atom is -0.445 e. The van der Waals surface area contributed by atoms with Gasteiger partial charge in [0, 0.05) is 7.05 Å². The van der Waals surface area contributed by atoms with E-state index in [0.717, 1.165) is 23.5 Å². The highest BCUT2D eigenvalue weighted by Crippen LogP contribution is 2.06. The van der Waals surface area contributed by atoms with Gasteiger partial charge in [-0.05, 0) is 12.0 Å². The predicted octanol–water partition coefficient (Wildman–Crippen LogP) is 2.49. The summed E-state index contributed by atoms with van der Waals surface area (Å²) in [5.41, 5.74) is 0.892. The Morgan fingerprint density at radius 2 is 1.95 bits per heavy atom. The number of alkyl carbamates (subject to hydrolysis) is 1. The van der Waals surface area contributed by atoms with Crippen LogP contribution in [-0.2, 0) is 21.0 Å². The summed E-state index contributed by atoms with van der Waals surface area (Å²) in [4.78, 5) is 28.9. The summed E-state index contributed by atoms with van der Waals surface area (Å²) in [6.07, 6.45) is 1.69. The molecule has 0 aliphatic carbocycles. The van der Waals surface area contributed by atoms with Crippen molar-refractivity contribution in [2.75, 3.05) is 14.2 Å². The van der Waals surface area contributed by atoms with Crippen LogP contribution in [0.3, 0.4) is 0 Å². The third kappa shape index (κ3) is 6.13. The number of benzene rings is 1. The Labute approximate surface area is 131 Å². The molecule has 0 bridgehead atoms. The van der Waals surface area contributed by atoms with Crippen LogP contribution >= 0.6 is 0 Å². The highest BCUT2D eigenvalue weighted by molar-refractivity contribution is 5.84.